The van der Waals surface area contributed by atoms with Gasteiger partial charge < -0.3 is 69.0 Å². The van der Waals surface area contributed by atoms with Crippen molar-refractivity contribution in [2.45, 2.75) is 75.3 Å². The third-order valence-electron chi connectivity index (χ3n) is 7.46. The summed E-state index contributed by atoms with van der Waals surface area (Å²) in [5.41, 5.74) is -0.760. The van der Waals surface area contributed by atoms with Crippen LogP contribution in [0.15, 0.2) is 45.6 Å². The van der Waals surface area contributed by atoms with Gasteiger partial charge in [-0.05, 0) is 25.1 Å². The average molecular weight is 651 g/mol. The van der Waals surface area contributed by atoms with Crippen molar-refractivity contribution < 1.29 is 78.5 Å². The molecule has 0 amide bonds. The molecule has 0 unspecified atom stereocenters. The van der Waals surface area contributed by atoms with Crippen molar-refractivity contribution in [1.29, 1.82) is 0 Å². The highest BCUT2D eigenvalue weighted by Crippen LogP contribution is 2.36. The van der Waals surface area contributed by atoms with Gasteiger partial charge in [-0.2, -0.15) is 0 Å². The fourth-order valence-corrected chi connectivity index (χ4v) is 5.14. The summed E-state index contributed by atoms with van der Waals surface area (Å²) >= 11 is 0. The lowest BCUT2D eigenvalue weighted by molar-refractivity contribution is -0.351. The van der Waals surface area contributed by atoms with Gasteiger partial charge in [-0.1, -0.05) is 0 Å². The van der Waals surface area contributed by atoms with Crippen LogP contribution in [0.2, 0.25) is 0 Å². The number of rotatable bonds is 7. The van der Waals surface area contributed by atoms with Crippen LogP contribution in [-0.4, -0.2) is 114 Å². The zero-order chi connectivity index (χ0) is 33.6. The van der Waals surface area contributed by atoms with E-state index in [9.17, 15) is 55.2 Å². The Morgan fingerprint density at radius 1 is 0.804 bits per heavy atom. The molecule has 5 rings (SSSR count). The van der Waals surface area contributed by atoms with E-state index in [0.717, 1.165) is 37.3 Å². The molecule has 2 saturated heterocycles. The lowest BCUT2D eigenvalue weighted by Gasteiger charge is -2.45. The Labute approximate surface area is 257 Å². The van der Waals surface area contributed by atoms with E-state index in [-0.39, 0.29) is 28.0 Å². The molecule has 2 aliphatic heterocycles. The van der Waals surface area contributed by atoms with Crippen molar-refractivity contribution in [2.24, 2.45) is 0 Å². The Hall–Kier alpha value is -4.49. The largest absolute Gasteiger partial charge is 0.507 e. The first kappa shape index (κ1) is 32.9. The van der Waals surface area contributed by atoms with E-state index in [1.807, 2.05) is 0 Å². The fraction of sp³-hybridized carbons (Fsp3) is 0.414. The summed E-state index contributed by atoms with van der Waals surface area (Å²) < 4.78 is 33.1. The summed E-state index contributed by atoms with van der Waals surface area (Å²) in [6.45, 7) is 2.42. The maximum atomic E-state index is 12.9. The minimum atomic E-state index is -2.08. The van der Waals surface area contributed by atoms with Gasteiger partial charge in [0, 0.05) is 30.7 Å². The number of esters is 1. The molecule has 1 aromatic heterocycles. The summed E-state index contributed by atoms with van der Waals surface area (Å²) in [5.74, 6) is -4.47. The highest BCUT2D eigenvalue weighted by molar-refractivity contribution is 5.86. The van der Waals surface area contributed by atoms with E-state index >= 15 is 0 Å². The predicted octanol–water partition coefficient (Wildman–Crippen LogP) is -0.730. The summed E-state index contributed by atoms with van der Waals surface area (Å²) in [5, 5.41) is 82.0. The smallest absolute Gasteiger partial charge is 0.335 e. The lowest BCUT2D eigenvalue weighted by Crippen LogP contribution is -2.65. The van der Waals surface area contributed by atoms with Crippen LogP contribution in [0.1, 0.15) is 13.8 Å². The van der Waals surface area contributed by atoms with Crippen molar-refractivity contribution in [3.05, 3.63) is 46.6 Å². The SMILES string of the molecule is CC(=O)O[C@@H]1[C@@H](O)[C@H](C)O[C@@H](O[C@H]2[C@H](Oc3cc(O)c4c(=O)cc(-c5ccc(O)c(O)c5)oc4c3)O[C@H](C(=O)O)[C@@H](O)[C@@H]2O)[C@@H]1O. The van der Waals surface area contributed by atoms with Crippen LogP contribution in [0.25, 0.3) is 22.3 Å². The van der Waals surface area contributed by atoms with Crippen molar-refractivity contribution in [1.82, 2.24) is 0 Å². The van der Waals surface area contributed by atoms with Crippen LogP contribution in [0.5, 0.6) is 23.0 Å². The molecule has 0 spiro atoms. The van der Waals surface area contributed by atoms with Crippen LogP contribution in [0.3, 0.4) is 0 Å². The number of fused-ring (bicyclic) bond motifs is 1. The number of hydrogen-bond donors (Lipinski definition) is 8. The van der Waals surface area contributed by atoms with E-state index in [0.29, 0.717) is 0 Å². The van der Waals surface area contributed by atoms with Crippen LogP contribution in [-0.2, 0) is 28.5 Å². The van der Waals surface area contributed by atoms with Crippen LogP contribution >= 0.6 is 0 Å². The third kappa shape index (κ3) is 6.29. The van der Waals surface area contributed by atoms with Crippen molar-refractivity contribution in [2.75, 3.05) is 0 Å². The third-order valence-corrected chi connectivity index (χ3v) is 7.46. The first-order valence-corrected chi connectivity index (χ1v) is 13.7. The number of aliphatic carboxylic acids is 1. The Morgan fingerprint density at radius 2 is 1.52 bits per heavy atom. The van der Waals surface area contributed by atoms with Crippen LogP contribution in [0, 0.1) is 0 Å². The summed E-state index contributed by atoms with van der Waals surface area (Å²) in [6.07, 6.45) is -17.6. The second kappa shape index (κ2) is 12.7. The number of ether oxygens (including phenoxy) is 5. The Bertz CT molecular complexity index is 1690. The van der Waals surface area contributed by atoms with Crippen molar-refractivity contribution >= 4 is 22.9 Å². The van der Waals surface area contributed by atoms with Gasteiger partial charge in [-0.3, -0.25) is 9.59 Å². The highest BCUT2D eigenvalue weighted by Gasteiger charge is 2.53. The maximum Gasteiger partial charge on any atom is 0.335 e. The highest BCUT2D eigenvalue weighted by atomic mass is 16.8. The number of carbonyl (C=O) groups excluding carboxylic acids is 1. The molecule has 2 fully saturated rings. The number of aliphatic hydroxyl groups excluding tert-OH is 4. The standard InChI is InChI=1S/C29H30O17/c1-9-20(35)24(42-10(2)30)23(38)28(41-9)46-26-22(37)21(36)25(27(39)40)45-29(26)43-12-6-15(33)19-16(34)8-17(44-18(19)7-12)11-3-4-13(31)14(32)5-11/h3-9,20-26,28-29,31-33,35-38H,1-2H3,(H,39,40)/t9-,20-,21-,22-,23+,24+,25-,26+,28-,29+/m0/s1. The topological polar surface area (TPSA) is 272 Å². The molecule has 46 heavy (non-hydrogen) atoms. The molecule has 8 N–H and O–H groups in total. The van der Waals surface area contributed by atoms with Crippen LogP contribution < -0.4 is 10.2 Å². The molecule has 3 heterocycles. The molecule has 10 atom stereocenters. The fourth-order valence-electron chi connectivity index (χ4n) is 5.14. The molecule has 0 bridgehead atoms. The van der Waals surface area contributed by atoms with E-state index in [1.165, 1.54) is 13.0 Å². The molecule has 2 aliphatic rings. The summed E-state index contributed by atoms with van der Waals surface area (Å²) in [7, 11) is 0. The van der Waals surface area contributed by atoms with Crippen molar-refractivity contribution in [3.8, 4) is 34.3 Å². The molecule has 0 radical (unpaired) electrons. The van der Waals surface area contributed by atoms with E-state index in [2.05, 4.69) is 0 Å². The predicted molar refractivity (Wildman–Crippen MR) is 149 cm³/mol. The Morgan fingerprint density at radius 3 is 2.17 bits per heavy atom. The Balaban J connectivity index is 1.50. The number of aromatic hydroxyl groups is 3. The zero-order valence-corrected chi connectivity index (χ0v) is 24.0. The first-order valence-electron chi connectivity index (χ1n) is 13.7. The number of aliphatic hydroxyl groups is 4. The molecule has 17 nitrogen and oxygen atoms in total. The average Bonchev–Trinajstić information content (AvgIpc) is 2.98. The monoisotopic (exact) mass is 650 g/mol. The van der Waals surface area contributed by atoms with E-state index < -0.39 is 96.0 Å². The maximum absolute atomic E-state index is 12.9. The number of carbonyl (C=O) groups is 2. The van der Waals surface area contributed by atoms with Gasteiger partial charge >= 0.3 is 11.9 Å². The number of carboxylic acids is 1. The van der Waals surface area contributed by atoms with E-state index in [1.54, 1.807) is 0 Å². The van der Waals surface area contributed by atoms with Gasteiger partial charge in [0.2, 0.25) is 6.29 Å². The normalized spacial score (nSPS) is 31.3. The molecule has 3 aromatic rings. The second-order valence-electron chi connectivity index (χ2n) is 10.7. The second-order valence-corrected chi connectivity index (χ2v) is 10.7. The van der Waals surface area contributed by atoms with Gasteiger partial charge in [0.15, 0.2) is 41.5 Å². The minimum absolute atomic E-state index is 0.0777. The minimum Gasteiger partial charge on any atom is -0.507 e. The van der Waals surface area contributed by atoms with Gasteiger partial charge in [0.1, 0.15) is 52.6 Å². The van der Waals surface area contributed by atoms with Gasteiger partial charge in [-0.15, -0.1) is 0 Å². The van der Waals surface area contributed by atoms with Gasteiger partial charge in [0.05, 0.1) is 6.10 Å². The first-order chi connectivity index (χ1) is 21.7. The molecular weight excluding hydrogens is 620 g/mol. The van der Waals surface area contributed by atoms with Crippen molar-refractivity contribution in [3.63, 3.8) is 0 Å². The van der Waals surface area contributed by atoms with Gasteiger partial charge in [0.25, 0.3) is 0 Å². The molecular formula is C29H30O17. The molecule has 2 aromatic carbocycles. The number of carboxylic acid groups (broad SMARTS) is 1. The molecule has 0 aliphatic carbocycles. The molecule has 248 valence electrons. The Kier molecular flexibility index (Phi) is 9.09. The van der Waals surface area contributed by atoms with E-state index in [4.69, 9.17) is 28.1 Å². The molecule has 17 heteroatoms. The lowest BCUT2D eigenvalue weighted by atomic mass is 9.97. The number of hydrogen-bond acceptors (Lipinski definition) is 16. The summed E-state index contributed by atoms with van der Waals surface area (Å²) in [6, 6.07) is 6.75. The number of phenols is 3. The van der Waals surface area contributed by atoms with Gasteiger partial charge in [-0.25, -0.2) is 4.79 Å². The zero-order valence-electron chi connectivity index (χ0n) is 24.0. The summed E-state index contributed by atoms with van der Waals surface area (Å²) in [4.78, 5) is 36.2. The number of phenolic OH excluding ortho intramolecular Hbond substituents is 3. The quantitative estimate of drug-likeness (QED) is 0.116. The van der Waals surface area contributed by atoms with Crippen LogP contribution in [0.4, 0.5) is 0 Å². The molecule has 0 saturated carbocycles. The number of benzene rings is 2.